The number of amides is 2. The second-order valence-electron chi connectivity index (χ2n) is 7.39. The Morgan fingerprint density at radius 2 is 1.92 bits per heavy atom. The summed E-state index contributed by atoms with van der Waals surface area (Å²) < 4.78 is 5.33. The van der Waals surface area contributed by atoms with Crippen molar-refractivity contribution in [2.24, 2.45) is 5.92 Å². The van der Waals surface area contributed by atoms with Crippen molar-refractivity contribution in [1.82, 2.24) is 10.2 Å². The Hall–Kier alpha value is -1.40. The van der Waals surface area contributed by atoms with E-state index in [2.05, 4.69) is 5.32 Å². The molecule has 1 saturated carbocycles. The van der Waals surface area contributed by atoms with E-state index in [0.717, 1.165) is 37.0 Å². The van der Waals surface area contributed by atoms with Crippen LogP contribution in [0.5, 0.6) is 0 Å². The Morgan fingerprint density at radius 1 is 1.16 bits per heavy atom. The highest BCUT2D eigenvalue weighted by Gasteiger charge is 2.30. The first-order chi connectivity index (χ1) is 12.2. The maximum absolute atomic E-state index is 12.7. The number of aryl methyl sites for hydroxylation is 1. The number of hydrogen-bond acceptors (Lipinski definition) is 4. The molecule has 2 aliphatic carbocycles. The fraction of sp³-hybridized carbons (Fsp3) is 0.684. The monoisotopic (exact) mass is 362 g/mol. The van der Waals surface area contributed by atoms with E-state index in [0.29, 0.717) is 32.3 Å². The van der Waals surface area contributed by atoms with Gasteiger partial charge in [-0.05, 0) is 43.7 Å². The Balaban J connectivity index is 1.40. The van der Waals surface area contributed by atoms with Crippen LogP contribution in [-0.4, -0.2) is 49.1 Å². The summed E-state index contributed by atoms with van der Waals surface area (Å²) in [4.78, 5) is 29.2. The van der Waals surface area contributed by atoms with Gasteiger partial charge in [-0.2, -0.15) is 0 Å². The minimum atomic E-state index is 0.0639. The standard InChI is InChI=1S/C19H26N2O3S/c22-18(20-15-3-1-2-4-15)13-5-6-16-14(11-13)12-17(25-16)19(23)21-7-9-24-10-8-21/h12-13,15H,1-11H2,(H,20,22)/t13-/m0/s1. The quantitative estimate of drug-likeness (QED) is 0.898. The lowest BCUT2D eigenvalue weighted by Crippen LogP contribution is -2.40. The molecule has 3 aliphatic rings. The van der Waals surface area contributed by atoms with Gasteiger partial charge in [0.1, 0.15) is 0 Å². The van der Waals surface area contributed by atoms with Gasteiger partial charge in [0.05, 0.1) is 18.1 Å². The van der Waals surface area contributed by atoms with Crippen LogP contribution in [0.3, 0.4) is 0 Å². The molecule has 2 fully saturated rings. The van der Waals surface area contributed by atoms with Gasteiger partial charge in [0.2, 0.25) is 5.91 Å². The zero-order valence-electron chi connectivity index (χ0n) is 14.6. The van der Waals surface area contributed by atoms with Gasteiger partial charge in [-0.15, -0.1) is 11.3 Å². The first kappa shape index (κ1) is 17.0. The minimum Gasteiger partial charge on any atom is -0.378 e. The summed E-state index contributed by atoms with van der Waals surface area (Å²) in [6.45, 7) is 2.60. The van der Waals surface area contributed by atoms with Crippen molar-refractivity contribution < 1.29 is 14.3 Å². The molecule has 25 heavy (non-hydrogen) atoms. The number of carbonyl (C=O) groups is 2. The number of morpholine rings is 1. The normalized spacial score (nSPS) is 24.2. The molecule has 1 aliphatic heterocycles. The molecule has 0 spiro atoms. The fourth-order valence-corrected chi connectivity index (χ4v) is 5.34. The number of nitrogens with one attached hydrogen (secondary N) is 1. The molecular weight excluding hydrogens is 336 g/mol. The third-order valence-electron chi connectivity index (χ3n) is 5.66. The van der Waals surface area contributed by atoms with Crippen molar-refractivity contribution in [3.8, 4) is 0 Å². The number of carbonyl (C=O) groups excluding carboxylic acids is 2. The van der Waals surface area contributed by atoms with Crippen LogP contribution in [0.15, 0.2) is 6.07 Å². The molecule has 136 valence electrons. The Kier molecular flexibility index (Phi) is 5.08. The van der Waals surface area contributed by atoms with Crippen LogP contribution in [0.4, 0.5) is 0 Å². The predicted octanol–water partition coefficient (Wildman–Crippen LogP) is 2.38. The van der Waals surface area contributed by atoms with Crippen molar-refractivity contribution in [3.63, 3.8) is 0 Å². The molecule has 1 saturated heterocycles. The predicted molar refractivity (Wildman–Crippen MR) is 97.0 cm³/mol. The summed E-state index contributed by atoms with van der Waals surface area (Å²) >= 11 is 1.62. The first-order valence-corrected chi connectivity index (χ1v) is 10.3. The highest BCUT2D eigenvalue weighted by atomic mass is 32.1. The van der Waals surface area contributed by atoms with Gasteiger partial charge in [-0.3, -0.25) is 9.59 Å². The van der Waals surface area contributed by atoms with Crippen molar-refractivity contribution in [2.75, 3.05) is 26.3 Å². The van der Waals surface area contributed by atoms with Gasteiger partial charge in [-0.1, -0.05) is 12.8 Å². The van der Waals surface area contributed by atoms with E-state index < -0.39 is 0 Å². The van der Waals surface area contributed by atoms with E-state index >= 15 is 0 Å². The van der Waals surface area contributed by atoms with E-state index in [1.165, 1.54) is 23.3 Å². The molecular formula is C19H26N2O3S. The SMILES string of the molecule is O=C(NC1CCCC1)[C@H]1CCc2sc(C(=O)N3CCOCC3)cc2C1. The Labute approximate surface area is 152 Å². The van der Waals surface area contributed by atoms with Gasteiger partial charge in [-0.25, -0.2) is 0 Å². The van der Waals surface area contributed by atoms with Crippen LogP contribution in [0.1, 0.15) is 52.2 Å². The van der Waals surface area contributed by atoms with Crippen LogP contribution in [0.25, 0.3) is 0 Å². The summed E-state index contributed by atoms with van der Waals surface area (Å²) in [6.07, 6.45) is 7.31. The van der Waals surface area contributed by atoms with Crippen LogP contribution in [0, 0.1) is 5.92 Å². The average Bonchev–Trinajstić information content (AvgIpc) is 3.30. The number of nitrogens with zero attached hydrogens (tertiary/aromatic N) is 1. The maximum Gasteiger partial charge on any atom is 0.264 e. The van der Waals surface area contributed by atoms with Crippen molar-refractivity contribution >= 4 is 23.2 Å². The lowest BCUT2D eigenvalue weighted by atomic mass is 9.87. The minimum absolute atomic E-state index is 0.0639. The van der Waals surface area contributed by atoms with Crippen molar-refractivity contribution in [2.45, 2.75) is 51.0 Å². The van der Waals surface area contributed by atoms with Gasteiger partial charge < -0.3 is 15.0 Å². The van der Waals surface area contributed by atoms with Gasteiger partial charge in [0.25, 0.3) is 5.91 Å². The highest BCUT2D eigenvalue weighted by molar-refractivity contribution is 7.14. The number of fused-ring (bicyclic) bond motifs is 1. The lowest BCUT2D eigenvalue weighted by Gasteiger charge is -2.26. The number of hydrogen-bond donors (Lipinski definition) is 1. The average molecular weight is 362 g/mol. The van der Waals surface area contributed by atoms with E-state index in [1.807, 2.05) is 11.0 Å². The Morgan fingerprint density at radius 3 is 2.68 bits per heavy atom. The van der Waals surface area contributed by atoms with Gasteiger partial charge in [0, 0.05) is 29.9 Å². The second kappa shape index (κ2) is 7.46. The summed E-state index contributed by atoms with van der Waals surface area (Å²) in [7, 11) is 0. The second-order valence-corrected chi connectivity index (χ2v) is 8.53. The smallest absolute Gasteiger partial charge is 0.264 e. The fourth-order valence-electron chi connectivity index (χ4n) is 4.16. The third kappa shape index (κ3) is 3.75. The van der Waals surface area contributed by atoms with Crippen LogP contribution in [-0.2, 0) is 22.4 Å². The van der Waals surface area contributed by atoms with E-state index in [4.69, 9.17) is 4.74 Å². The summed E-state index contributed by atoms with van der Waals surface area (Å²) in [5.74, 6) is 0.397. The zero-order chi connectivity index (χ0) is 17.2. The molecule has 0 radical (unpaired) electrons. The molecule has 1 aromatic rings. The highest BCUT2D eigenvalue weighted by Crippen LogP contribution is 2.33. The molecule has 5 nitrogen and oxygen atoms in total. The maximum atomic E-state index is 12.7. The van der Waals surface area contributed by atoms with Crippen LogP contribution >= 0.6 is 11.3 Å². The molecule has 1 atom stereocenters. The van der Waals surface area contributed by atoms with Gasteiger partial charge in [0.15, 0.2) is 0 Å². The molecule has 0 aromatic carbocycles. The van der Waals surface area contributed by atoms with E-state index in [1.54, 1.807) is 11.3 Å². The molecule has 1 N–H and O–H groups in total. The van der Waals surface area contributed by atoms with Gasteiger partial charge >= 0.3 is 0 Å². The molecule has 1 aromatic heterocycles. The largest absolute Gasteiger partial charge is 0.378 e. The zero-order valence-corrected chi connectivity index (χ0v) is 15.4. The number of ether oxygens (including phenoxy) is 1. The summed E-state index contributed by atoms with van der Waals surface area (Å²) in [5, 5.41) is 3.24. The van der Waals surface area contributed by atoms with E-state index in [-0.39, 0.29) is 17.7 Å². The first-order valence-electron chi connectivity index (χ1n) is 9.49. The molecule has 2 amide bonds. The molecule has 0 unspecified atom stereocenters. The van der Waals surface area contributed by atoms with Crippen LogP contribution < -0.4 is 5.32 Å². The van der Waals surface area contributed by atoms with Crippen molar-refractivity contribution in [1.29, 1.82) is 0 Å². The Bertz CT molecular complexity index is 645. The molecule has 0 bridgehead atoms. The summed E-state index contributed by atoms with van der Waals surface area (Å²) in [6, 6.07) is 2.42. The lowest BCUT2D eigenvalue weighted by molar-refractivity contribution is -0.126. The van der Waals surface area contributed by atoms with Crippen LogP contribution in [0.2, 0.25) is 0 Å². The number of rotatable bonds is 3. The molecule has 2 heterocycles. The number of thiophene rings is 1. The molecule has 6 heteroatoms. The van der Waals surface area contributed by atoms with Crippen molar-refractivity contribution in [3.05, 3.63) is 21.4 Å². The van der Waals surface area contributed by atoms with E-state index in [9.17, 15) is 9.59 Å². The molecule has 4 rings (SSSR count). The third-order valence-corrected chi connectivity index (χ3v) is 6.89. The summed E-state index contributed by atoms with van der Waals surface area (Å²) in [5.41, 5.74) is 1.21. The topological polar surface area (TPSA) is 58.6 Å².